The highest BCUT2D eigenvalue weighted by Gasteiger charge is 2.14. The fourth-order valence-electron chi connectivity index (χ4n) is 3.03. The van der Waals surface area contributed by atoms with Gasteiger partial charge in [0.25, 0.3) is 0 Å². The van der Waals surface area contributed by atoms with E-state index in [0.29, 0.717) is 11.8 Å². The molecule has 0 bridgehead atoms. The Balaban J connectivity index is 3.05. The molecule has 0 saturated heterocycles. The number of hydrogen-bond acceptors (Lipinski definition) is 0. The Kier molecular flexibility index (Phi) is 8.45. The predicted octanol–water partition coefficient (Wildman–Crippen LogP) is 7.53. The van der Waals surface area contributed by atoms with Gasteiger partial charge in [0, 0.05) is 5.92 Å². The van der Waals surface area contributed by atoms with Crippen LogP contribution >= 0.6 is 0 Å². The highest BCUT2D eigenvalue weighted by atomic mass is 19.1. The molecule has 3 unspecified atom stereocenters. The second-order valence-corrected chi connectivity index (χ2v) is 7.65. The Morgan fingerprint density at radius 3 is 2.12 bits per heavy atom. The number of hydrogen-bond donors (Lipinski definition) is 0. The van der Waals surface area contributed by atoms with E-state index in [4.69, 9.17) is 0 Å². The average molecular weight is 331 g/mol. The lowest BCUT2D eigenvalue weighted by atomic mass is 9.85. The molecule has 0 aliphatic heterocycles. The van der Waals surface area contributed by atoms with Gasteiger partial charge in [0.15, 0.2) is 0 Å². The summed E-state index contributed by atoms with van der Waals surface area (Å²) in [4.78, 5) is 0. The summed E-state index contributed by atoms with van der Waals surface area (Å²) in [6.45, 7) is 15.8. The molecule has 0 aliphatic rings. The summed E-state index contributed by atoms with van der Waals surface area (Å²) < 4.78 is 13.2. The smallest absolute Gasteiger partial charge is 0.123 e. The second-order valence-electron chi connectivity index (χ2n) is 7.65. The molecule has 1 heteroatoms. The van der Waals surface area contributed by atoms with Gasteiger partial charge in [-0.05, 0) is 54.4 Å². The molecule has 0 spiro atoms. The van der Waals surface area contributed by atoms with Gasteiger partial charge in [-0.1, -0.05) is 77.8 Å². The van der Waals surface area contributed by atoms with Gasteiger partial charge in [0.1, 0.15) is 5.82 Å². The van der Waals surface area contributed by atoms with E-state index in [-0.39, 0.29) is 11.7 Å². The predicted molar refractivity (Wildman–Crippen MR) is 105 cm³/mol. The molecule has 0 aliphatic carbocycles. The molecular formula is C23H35F. The van der Waals surface area contributed by atoms with E-state index in [9.17, 15) is 4.39 Å². The second kappa shape index (κ2) is 9.81. The maximum Gasteiger partial charge on any atom is 0.123 e. The Morgan fingerprint density at radius 2 is 1.62 bits per heavy atom. The van der Waals surface area contributed by atoms with Crippen LogP contribution in [0.1, 0.15) is 72.8 Å². The van der Waals surface area contributed by atoms with Crippen molar-refractivity contribution in [1.82, 2.24) is 0 Å². The summed E-state index contributed by atoms with van der Waals surface area (Å²) in [6, 6.07) is 6.93. The van der Waals surface area contributed by atoms with Crippen molar-refractivity contribution in [1.29, 1.82) is 0 Å². The SMILES string of the molecule is CCC(C)CC(C)/C=C/C(=C(/C)C(C)C)C(C)c1ccc(F)cc1. The Morgan fingerprint density at radius 1 is 1.04 bits per heavy atom. The van der Waals surface area contributed by atoms with Crippen molar-refractivity contribution in [3.63, 3.8) is 0 Å². The standard InChI is InChI=1S/C23H35F/c1-8-17(4)15-18(5)9-14-23(19(6)16(2)3)20(7)21-10-12-22(24)13-11-21/h9-14,16-18,20H,8,15H2,1-7H3/b14-9+,23-19+. The van der Waals surface area contributed by atoms with Crippen molar-refractivity contribution < 1.29 is 4.39 Å². The molecule has 0 fully saturated rings. The first kappa shape index (κ1) is 20.7. The van der Waals surface area contributed by atoms with Crippen LogP contribution in [0.15, 0.2) is 47.6 Å². The van der Waals surface area contributed by atoms with Crippen LogP contribution in [0.25, 0.3) is 0 Å². The molecule has 1 aromatic carbocycles. The topological polar surface area (TPSA) is 0 Å². The molecule has 0 heterocycles. The first-order chi connectivity index (χ1) is 11.3. The van der Waals surface area contributed by atoms with E-state index in [2.05, 4.69) is 60.6 Å². The first-order valence-electron chi connectivity index (χ1n) is 9.40. The summed E-state index contributed by atoms with van der Waals surface area (Å²) in [7, 11) is 0. The monoisotopic (exact) mass is 330 g/mol. The summed E-state index contributed by atoms with van der Waals surface area (Å²) in [6.07, 6.45) is 7.13. The van der Waals surface area contributed by atoms with Gasteiger partial charge >= 0.3 is 0 Å². The average Bonchev–Trinajstić information content (AvgIpc) is 2.54. The lowest BCUT2D eigenvalue weighted by Gasteiger charge is -2.20. The van der Waals surface area contributed by atoms with E-state index >= 15 is 0 Å². The van der Waals surface area contributed by atoms with Gasteiger partial charge < -0.3 is 0 Å². The summed E-state index contributed by atoms with van der Waals surface area (Å²) in [5, 5.41) is 0. The molecule has 1 aromatic rings. The van der Waals surface area contributed by atoms with Crippen LogP contribution in [0.4, 0.5) is 4.39 Å². The largest absolute Gasteiger partial charge is 0.207 e. The minimum absolute atomic E-state index is 0.172. The van der Waals surface area contributed by atoms with Crippen molar-refractivity contribution in [2.24, 2.45) is 17.8 Å². The molecule has 3 atom stereocenters. The van der Waals surface area contributed by atoms with E-state index in [1.807, 2.05) is 12.1 Å². The minimum atomic E-state index is -0.172. The van der Waals surface area contributed by atoms with Crippen molar-refractivity contribution in [2.45, 2.75) is 67.2 Å². The van der Waals surface area contributed by atoms with Crippen LogP contribution in [-0.2, 0) is 0 Å². The lowest BCUT2D eigenvalue weighted by molar-refractivity contribution is 0.454. The molecule has 0 aromatic heterocycles. The fourth-order valence-corrected chi connectivity index (χ4v) is 3.03. The summed E-state index contributed by atoms with van der Waals surface area (Å²) in [5.41, 5.74) is 3.96. The van der Waals surface area contributed by atoms with Gasteiger partial charge in [0.2, 0.25) is 0 Å². The van der Waals surface area contributed by atoms with E-state index in [0.717, 1.165) is 5.92 Å². The molecule has 134 valence electrons. The van der Waals surface area contributed by atoms with Gasteiger partial charge in [-0.15, -0.1) is 0 Å². The fraction of sp³-hybridized carbons (Fsp3) is 0.565. The summed E-state index contributed by atoms with van der Waals surface area (Å²) in [5.74, 6) is 1.96. The zero-order valence-electron chi connectivity index (χ0n) is 16.6. The van der Waals surface area contributed by atoms with E-state index in [1.165, 1.54) is 29.6 Å². The molecule has 1 rings (SSSR count). The molecule has 0 N–H and O–H groups in total. The van der Waals surface area contributed by atoms with E-state index < -0.39 is 0 Å². The minimum Gasteiger partial charge on any atom is -0.207 e. The van der Waals surface area contributed by atoms with Crippen molar-refractivity contribution >= 4 is 0 Å². The molecule has 0 amide bonds. The third-order valence-electron chi connectivity index (χ3n) is 5.23. The summed E-state index contributed by atoms with van der Waals surface area (Å²) >= 11 is 0. The highest BCUT2D eigenvalue weighted by Crippen LogP contribution is 2.31. The Bertz CT molecular complexity index is 548. The third kappa shape index (κ3) is 6.26. The van der Waals surface area contributed by atoms with Gasteiger partial charge in [-0.2, -0.15) is 0 Å². The van der Waals surface area contributed by atoms with Crippen LogP contribution in [0, 0.1) is 23.6 Å². The normalized spacial score (nSPS) is 17.0. The van der Waals surface area contributed by atoms with Crippen LogP contribution in [0.3, 0.4) is 0 Å². The molecular weight excluding hydrogens is 295 g/mol. The van der Waals surface area contributed by atoms with E-state index in [1.54, 1.807) is 12.1 Å². The maximum absolute atomic E-state index is 13.2. The van der Waals surface area contributed by atoms with Crippen LogP contribution in [0.2, 0.25) is 0 Å². The zero-order valence-corrected chi connectivity index (χ0v) is 16.6. The Labute approximate surface area is 148 Å². The number of rotatable bonds is 8. The van der Waals surface area contributed by atoms with Crippen molar-refractivity contribution in [3.8, 4) is 0 Å². The molecule has 0 nitrogen and oxygen atoms in total. The highest BCUT2D eigenvalue weighted by molar-refractivity contribution is 5.38. The van der Waals surface area contributed by atoms with Gasteiger partial charge in [-0.25, -0.2) is 4.39 Å². The first-order valence-corrected chi connectivity index (χ1v) is 9.40. The Hall–Kier alpha value is -1.37. The van der Waals surface area contributed by atoms with Crippen molar-refractivity contribution in [3.05, 3.63) is 58.9 Å². The van der Waals surface area contributed by atoms with Crippen LogP contribution in [0.5, 0.6) is 0 Å². The molecule has 0 saturated carbocycles. The quantitative estimate of drug-likeness (QED) is 0.432. The van der Waals surface area contributed by atoms with Gasteiger partial charge in [-0.3, -0.25) is 0 Å². The number of halogens is 1. The van der Waals surface area contributed by atoms with Gasteiger partial charge in [0.05, 0.1) is 0 Å². The zero-order chi connectivity index (χ0) is 18.3. The lowest BCUT2D eigenvalue weighted by Crippen LogP contribution is -2.04. The van der Waals surface area contributed by atoms with Crippen LogP contribution < -0.4 is 0 Å². The number of allylic oxidation sites excluding steroid dienone is 4. The van der Waals surface area contributed by atoms with Crippen LogP contribution in [-0.4, -0.2) is 0 Å². The number of benzene rings is 1. The molecule has 0 radical (unpaired) electrons. The maximum atomic E-state index is 13.2. The molecule has 24 heavy (non-hydrogen) atoms. The third-order valence-corrected chi connectivity index (χ3v) is 5.23. The van der Waals surface area contributed by atoms with Crippen molar-refractivity contribution in [2.75, 3.05) is 0 Å².